The van der Waals surface area contributed by atoms with Crippen molar-refractivity contribution in [1.29, 1.82) is 0 Å². The zero-order chi connectivity index (χ0) is 15.8. The number of alkyl halides is 2. The van der Waals surface area contributed by atoms with E-state index in [-0.39, 0.29) is 50.1 Å². The van der Waals surface area contributed by atoms with Crippen LogP contribution >= 0.6 is 0 Å². The summed E-state index contributed by atoms with van der Waals surface area (Å²) in [5.41, 5.74) is 0. The summed E-state index contributed by atoms with van der Waals surface area (Å²) >= 11 is 0. The molecular weight excluding hydrogens is 302 g/mol. The summed E-state index contributed by atoms with van der Waals surface area (Å²) in [5, 5.41) is 0. The zero-order valence-corrected chi connectivity index (χ0v) is 13.2. The third-order valence-electron chi connectivity index (χ3n) is 4.37. The van der Waals surface area contributed by atoms with Crippen LogP contribution in [-0.4, -0.2) is 61.4 Å². The highest BCUT2D eigenvalue weighted by atomic mass is 32.2. The van der Waals surface area contributed by atoms with Gasteiger partial charge in [0.2, 0.25) is 21.9 Å². The minimum atomic E-state index is -3.27. The van der Waals surface area contributed by atoms with E-state index in [1.165, 1.54) is 4.31 Å². The minimum Gasteiger partial charge on any atom is -0.340 e. The third-order valence-corrected chi connectivity index (χ3v) is 5.76. The molecule has 0 unspecified atom stereocenters. The number of halogens is 2. The molecule has 0 spiro atoms. The van der Waals surface area contributed by atoms with Crippen molar-refractivity contribution in [1.82, 2.24) is 9.21 Å². The molecule has 2 rings (SSSR count). The van der Waals surface area contributed by atoms with Crippen molar-refractivity contribution in [2.75, 3.05) is 25.9 Å². The van der Waals surface area contributed by atoms with E-state index in [0.717, 1.165) is 6.26 Å². The summed E-state index contributed by atoms with van der Waals surface area (Å²) in [6.45, 7) is 2.70. The van der Waals surface area contributed by atoms with E-state index in [1.807, 2.05) is 0 Å². The van der Waals surface area contributed by atoms with Crippen LogP contribution in [0.15, 0.2) is 0 Å². The highest BCUT2D eigenvalue weighted by Crippen LogP contribution is 2.37. The van der Waals surface area contributed by atoms with Crippen LogP contribution in [0.3, 0.4) is 0 Å². The Bertz CT molecular complexity index is 500. The first kappa shape index (κ1) is 16.6. The van der Waals surface area contributed by atoms with Gasteiger partial charge < -0.3 is 4.90 Å². The normalized spacial score (nSPS) is 28.6. The maximum Gasteiger partial charge on any atom is 0.248 e. The summed E-state index contributed by atoms with van der Waals surface area (Å²) in [6, 6.07) is -0.275. The van der Waals surface area contributed by atoms with Crippen LogP contribution in [0.4, 0.5) is 8.78 Å². The lowest BCUT2D eigenvalue weighted by Gasteiger charge is -2.40. The summed E-state index contributed by atoms with van der Waals surface area (Å²) in [5.74, 6) is -3.09. The van der Waals surface area contributed by atoms with Gasteiger partial charge in [-0.05, 0) is 19.8 Å². The Labute approximate surface area is 124 Å². The topological polar surface area (TPSA) is 57.7 Å². The molecule has 1 saturated carbocycles. The lowest BCUT2D eigenvalue weighted by Crippen LogP contribution is -2.56. The predicted molar refractivity (Wildman–Crippen MR) is 74.5 cm³/mol. The van der Waals surface area contributed by atoms with Crippen LogP contribution in [0, 0.1) is 5.92 Å². The zero-order valence-electron chi connectivity index (χ0n) is 12.4. The minimum absolute atomic E-state index is 0.106. The molecule has 0 N–H and O–H groups in total. The lowest BCUT2D eigenvalue weighted by atomic mass is 9.85. The van der Waals surface area contributed by atoms with Gasteiger partial charge in [-0.3, -0.25) is 4.79 Å². The molecule has 1 saturated heterocycles. The molecule has 1 amide bonds. The first-order chi connectivity index (χ1) is 9.60. The Balaban J connectivity index is 1.94. The van der Waals surface area contributed by atoms with Gasteiger partial charge >= 0.3 is 0 Å². The fourth-order valence-electron chi connectivity index (χ4n) is 3.18. The number of sulfonamides is 1. The Morgan fingerprint density at radius 3 is 2.24 bits per heavy atom. The maximum absolute atomic E-state index is 13.1. The molecule has 5 nitrogen and oxygen atoms in total. The number of carbonyl (C=O) groups excluding carboxylic acids is 1. The molecule has 0 aromatic rings. The van der Waals surface area contributed by atoms with Gasteiger partial charge in [-0.1, -0.05) is 0 Å². The van der Waals surface area contributed by atoms with Crippen molar-refractivity contribution in [3.05, 3.63) is 0 Å². The van der Waals surface area contributed by atoms with Crippen LogP contribution in [0.1, 0.15) is 32.6 Å². The van der Waals surface area contributed by atoms with Gasteiger partial charge in [0.25, 0.3) is 0 Å². The molecule has 2 fully saturated rings. The number of piperazine rings is 1. The Kier molecular flexibility index (Phi) is 4.58. The molecule has 8 heteroatoms. The molecular formula is C13H22F2N2O3S. The fraction of sp³-hybridized carbons (Fsp3) is 0.923. The van der Waals surface area contributed by atoms with Gasteiger partial charge in [0, 0.05) is 44.4 Å². The van der Waals surface area contributed by atoms with E-state index in [1.54, 1.807) is 11.8 Å². The van der Waals surface area contributed by atoms with Gasteiger partial charge in [0.1, 0.15) is 0 Å². The molecule has 122 valence electrons. The van der Waals surface area contributed by atoms with Crippen molar-refractivity contribution in [3.8, 4) is 0 Å². The average Bonchev–Trinajstić information content (AvgIpc) is 2.36. The van der Waals surface area contributed by atoms with Crippen molar-refractivity contribution in [2.24, 2.45) is 5.92 Å². The number of amides is 1. The number of hydrogen-bond donors (Lipinski definition) is 0. The summed E-state index contributed by atoms with van der Waals surface area (Å²) in [7, 11) is -3.27. The van der Waals surface area contributed by atoms with Gasteiger partial charge in [-0.2, -0.15) is 4.31 Å². The Hall–Kier alpha value is -0.760. The van der Waals surface area contributed by atoms with Crippen LogP contribution in [0.5, 0.6) is 0 Å². The molecule has 1 aliphatic carbocycles. The van der Waals surface area contributed by atoms with Crippen LogP contribution in [-0.2, 0) is 14.8 Å². The second-order valence-corrected chi connectivity index (χ2v) is 8.07. The number of hydrogen-bond acceptors (Lipinski definition) is 3. The predicted octanol–water partition coefficient (Wildman–Crippen LogP) is 1.30. The Morgan fingerprint density at radius 1 is 1.19 bits per heavy atom. The smallest absolute Gasteiger partial charge is 0.248 e. The summed E-state index contributed by atoms with van der Waals surface area (Å²) in [4.78, 5) is 14.0. The van der Waals surface area contributed by atoms with Crippen LogP contribution < -0.4 is 0 Å². The van der Waals surface area contributed by atoms with E-state index in [4.69, 9.17) is 0 Å². The second kappa shape index (κ2) is 5.79. The van der Waals surface area contributed by atoms with E-state index in [2.05, 4.69) is 0 Å². The summed E-state index contributed by atoms with van der Waals surface area (Å²) in [6.07, 6.45) is 1.12. The van der Waals surface area contributed by atoms with E-state index >= 15 is 0 Å². The molecule has 0 radical (unpaired) electrons. The maximum atomic E-state index is 13.1. The van der Waals surface area contributed by atoms with Gasteiger partial charge in [0.15, 0.2) is 0 Å². The molecule has 2 aliphatic rings. The second-order valence-electron chi connectivity index (χ2n) is 6.14. The molecule has 1 aliphatic heterocycles. The van der Waals surface area contributed by atoms with E-state index in [9.17, 15) is 22.0 Å². The standard InChI is InChI=1S/C13H22F2N2O3S/c1-10-9-16(7-8-17(10)21(2,19)20)12(18)11-3-5-13(14,15)6-4-11/h10-11H,3-9H2,1-2H3/t10-/m0/s1. The van der Waals surface area contributed by atoms with Crippen LogP contribution in [0.25, 0.3) is 0 Å². The number of nitrogens with zero attached hydrogens (tertiary/aromatic N) is 2. The van der Waals surface area contributed by atoms with Gasteiger partial charge in [-0.15, -0.1) is 0 Å². The molecule has 21 heavy (non-hydrogen) atoms. The van der Waals surface area contributed by atoms with Crippen molar-refractivity contribution in [3.63, 3.8) is 0 Å². The Morgan fingerprint density at radius 2 is 1.76 bits per heavy atom. The molecule has 0 bridgehead atoms. The van der Waals surface area contributed by atoms with E-state index in [0.29, 0.717) is 13.1 Å². The van der Waals surface area contributed by atoms with Crippen LogP contribution in [0.2, 0.25) is 0 Å². The fourth-order valence-corrected chi connectivity index (χ4v) is 4.31. The average molecular weight is 324 g/mol. The van der Waals surface area contributed by atoms with Gasteiger partial charge in [0.05, 0.1) is 6.26 Å². The molecule has 1 atom stereocenters. The molecule has 0 aromatic carbocycles. The highest BCUT2D eigenvalue weighted by Gasteiger charge is 2.40. The molecule has 0 aromatic heterocycles. The number of rotatable bonds is 2. The quantitative estimate of drug-likeness (QED) is 0.769. The largest absolute Gasteiger partial charge is 0.340 e. The SMILES string of the molecule is C[C@H]1CN(C(=O)C2CCC(F)(F)CC2)CCN1S(C)(=O)=O. The highest BCUT2D eigenvalue weighted by molar-refractivity contribution is 7.88. The first-order valence-electron chi connectivity index (χ1n) is 7.23. The van der Waals surface area contributed by atoms with E-state index < -0.39 is 15.9 Å². The third kappa shape index (κ3) is 3.91. The monoisotopic (exact) mass is 324 g/mol. The first-order valence-corrected chi connectivity index (χ1v) is 9.08. The number of carbonyl (C=O) groups is 1. The summed E-state index contributed by atoms with van der Waals surface area (Å²) < 4.78 is 50.8. The lowest BCUT2D eigenvalue weighted by molar-refractivity contribution is -0.141. The molecule has 1 heterocycles. The van der Waals surface area contributed by atoms with Crippen molar-refractivity contribution < 1.29 is 22.0 Å². The van der Waals surface area contributed by atoms with Crippen molar-refractivity contribution >= 4 is 15.9 Å². The van der Waals surface area contributed by atoms with Crippen molar-refractivity contribution in [2.45, 2.75) is 44.6 Å². The van der Waals surface area contributed by atoms with Gasteiger partial charge in [-0.25, -0.2) is 17.2 Å².